The molecule has 0 radical (unpaired) electrons. The van der Waals surface area contributed by atoms with E-state index in [9.17, 15) is 9.59 Å². The largest absolute Gasteiger partial charge is 0.426 e. The molecule has 0 spiro atoms. The van der Waals surface area contributed by atoms with Crippen LogP contribution in [-0.4, -0.2) is 11.9 Å². The van der Waals surface area contributed by atoms with Crippen molar-refractivity contribution in [1.82, 2.24) is 0 Å². The normalized spacial score (nSPS) is 13.5. The second-order valence-electron chi connectivity index (χ2n) is 5.15. The lowest BCUT2D eigenvalue weighted by Gasteiger charge is -2.08. The number of hydrogen-bond acceptors (Lipinski definition) is 3. The number of anilines is 1. The first kappa shape index (κ1) is 14.6. The van der Waals surface area contributed by atoms with Crippen LogP contribution in [0.5, 0.6) is 5.75 Å². The predicted molar refractivity (Wildman–Crippen MR) is 84.2 cm³/mol. The molecule has 2 aromatic rings. The Balaban J connectivity index is 1.64. The number of esters is 1. The third-order valence-electron chi connectivity index (χ3n) is 3.36. The van der Waals surface area contributed by atoms with Crippen LogP contribution < -0.4 is 10.1 Å². The van der Waals surface area contributed by atoms with Gasteiger partial charge in [-0.3, -0.25) is 9.59 Å². The van der Waals surface area contributed by atoms with Gasteiger partial charge in [0.05, 0.1) is 16.5 Å². The van der Waals surface area contributed by atoms with E-state index < -0.39 is 0 Å². The highest BCUT2D eigenvalue weighted by Crippen LogP contribution is 2.31. The average molecular weight is 316 g/mol. The van der Waals surface area contributed by atoms with E-state index in [1.165, 1.54) is 0 Å². The lowest BCUT2D eigenvalue weighted by atomic mass is 10.2. The van der Waals surface area contributed by atoms with Crippen LogP contribution in [-0.2, 0) is 4.79 Å². The molecule has 1 saturated carbocycles. The summed E-state index contributed by atoms with van der Waals surface area (Å²) in [6, 6.07) is 13.5. The van der Waals surface area contributed by atoms with Crippen molar-refractivity contribution in [2.75, 3.05) is 5.32 Å². The first-order valence-corrected chi connectivity index (χ1v) is 7.39. The molecule has 0 atom stereocenters. The van der Waals surface area contributed by atoms with Gasteiger partial charge in [0.15, 0.2) is 0 Å². The molecule has 1 aliphatic carbocycles. The fourth-order valence-electron chi connectivity index (χ4n) is 1.97. The second kappa shape index (κ2) is 6.20. The highest BCUT2D eigenvalue weighted by molar-refractivity contribution is 6.34. The van der Waals surface area contributed by atoms with Crippen molar-refractivity contribution in [3.63, 3.8) is 0 Å². The number of rotatable bonds is 4. The zero-order valence-corrected chi connectivity index (χ0v) is 12.5. The van der Waals surface area contributed by atoms with Gasteiger partial charge in [-0.15, -0.1) is 0 Å². The van der Waals surface area contributed by atoms with Gasteiger partial charge < -0.3 is 10.1 Å². The summed E-state index contributed by atoms with van der Waals surface area (Å²) in [6.45, 7) is 0. The van der Waals surface area contributed by atoms with E-state index in [-0.39, 0.29) is 17.8 Å². The Bertz CT molecular complexity index is 708. The maximum atomic E-state index is 12.1. The quantitative estimate of drug-likeness (QED) is 0.687. The van der Waals surface area contributed by atoms with Crippen LogP contribution >= 0.6 is 11.6 Å². The number of carbonyl (C=O) groups is 2. The number of amides is 1. The Morgan fingerprint density at radius 1 is 1.05 bits per heavy atom. The molecule has 0 aliphatic heterocycles. The molecule has 1 aliphatic rings. The molecule has 0 saturated heterocycles. The summed E-state index contributed by atoms with van der Waals surface area (Å²) in [5.41, 5.74) is 1.02. The van der Waals surface area contributed by atoms with Gasteiger partial charge in [-0.2, -0.15) is 0 Å². The minimum absolute atomic E-state index is 0.0552. The van der Waals surface area contributed by atoms with Gasteiger partial charge in [0.1, 0.15) is 5.75 Å². The molecule has 3 rings (SSSR count). The smallest absolute Gasteiger partial charge is 0.314 e. The fraction of sp³-hybridized carbons (Fsp3) is 0.176. The van der Waals surface area contributed by atoms with Crippen LogP contribution in [0.25, 0.3) is 0 Å². The monoisotopic (exact) mass is 315 g/mol. The first-order valence-electron chi connectivity index (χ1n) is 7.01. The molecule has 5 heteroatoms. The minimum Gasteiger partial charge on any atom is -0.426 e. The van der Waals surface area contributed by atoms with Crippen molar-refractivity contribution in [3.8, 4) is 5.75 Å². The van der Waals surface area contributed by atoms with Crippen molar-refractivity contribution in [2.45, 2.75) is 12.8 Å². The Morgan fingerprint density at radius 2 is 1.73 bits per heavy atom. The molecule has 1 amide bonds. The van der Waals surface area contributed by atoms with Crippen LogP contribution in [0.1, 0.15) is 23.2 Å². The summed E-state index contributed by atoms with van der Waals surface area (Å²) < 4.78 is 5.23. The van der Waals surface area contributed by atoms with E-state index in [0.717, 1.165) is 12.8 Å². The van der Waals surface area contributed by atoms with E-state index >= 15 is 0 Å². The lowest BCUT2D eigenvalue weighted by molar-refractivity contribution is -0.135. The van der Waals surface area contributed by atoms with Crippen molar-refractivity contribution in [1.29, 1.82) is 0 Å². The van der Waals surface area contributed by atoms with E-state index in [0.29, 0.717) is 22.0 Å². The number of halogens is 1. The summed E-state index contributed by atoms with van der Waals surface area (Å²) in [4.78, 5) is 23.7. The van der Waals surface area contributed by atoms with Crippen LogP contribution in [0, 0.1) is 5.92 Å². The van der Waals surface area contributed by atoms with Gasteiger partial charge in [-0.1, -0.05) is 23.7 Å². The maximum Gasteiger partial charge on any atom is 0.314 e. The molecule has 112 valence electrons. The zero-order chi connectivity index (χ0) is 15.5. The highest BCUT2D eigenvalue weighted by Gasteiger charge is 2.31. The van der Waals surface area contributed by atoms with Crippen LogP contribution in [0.15, 0.2) is 48.5 Å². The van der Waals surface area contributed by atoms with E-state index in [4.69, 9.17) is 16.3 Å². The minimum atomic E-state index is -0.284. The molecule has 22 heavy (non-hydrogen) atoms. The predicted octanol–water partition coefficient (Wildman–Crippen LogP) is 3.91. The van der Waals surface area contributed by atoms with E-state index in [1.807, 2.05) is 0 Å². The summed E-state index contributed by atoms with van der Waals surface area (Å²) in [5, 5.41) is 3.15. The maximum absolute atomic E-state index is 12.1. The van der Waals surface area contributed by atoms with E-state index in [2.05, 4.69) is 5.32 Å². The van der Waals surface area contributed by atoms with Gasteiger partial charge in [0.2, 0.25) is 0 Å². The van der Waals surface area contributed by atoms with Gasteiger partial charge >= 0.3 is 5.97 Å². The SMILES string of the molecule is O=C(Nc1ccc(OC(=O)C2CC2)cc1)c1ccccc1Cl. The number of hydrogen-bond donors (Lipinski definition) is 1. The molecule has 0 aromatic heterocycles. The van der Waals surface area contributed by atoms with Gasteiger partial charge in [0.25, 0.3) is 5.91 Å². The third kappa shape index (κ3) is 3.46. The second-order valence-corrected chi connectivity index (χ2v) is 5.56. The van der Waals surface area contributed by atoms with Crippen LogP contribution in [0.3, 0.4) is 0 Å². The number of carbonyl (C=O) groups excluding carboxylic acids is 2. The Labute approximate surface area is 133 Å². The molecule has 2 aromatic carbocycles. The molecule has 1 N–H and O–H groups in total. The van der Waals surface area contributed by atoms with Gasteiger partial charge in [-0.25, -0.2) is 0 Å². The molecule has 0 unspecified atom stereocenters. The molecule has 0 bridgehead atoms. The average Bonchev–Trinajstić information content (AvgIpc) is 3.34. The van der Waals surface area contributed by atoms with Crippen LogP contribution in [0.4, 0.5) is 5.69 Å². The van der Waals surface area contributed by atoms with Crippen LogP contribution in [0.2, 0.25) is 5.02 Å². The van der Waals surface area contributed by atoms with Gasteiger partial charge in [-0.05, 0) is 49.2 Å². The summed E-state index contributed by atoms with van der Waals surface area (Å²) in [7, 11) is 0. The summed E-state index contributed by atoms with van der Waals surface area (Å²) in [6.07, 6.45) is 1.82. The molecule has 1 fully saturated rings. The number of nitrogens with one attached hydrogen (secondary N) is 1. The topological polar surface area (TPSA) is 55.4 Å². The lowest BCUT2D eigenvalue weighted by Crippen LogP contribution is -2.12. The molecule has 4 nitrogen and oxygen atoms in total. The summed E-state index contributed by atoms with van der Waals surface area (Å²) in [5.74, 6) is 0.0634. The molecule has 0 heterocycles. The highest BCUT2D eigenvalue weighted by atomic mass is 35.5. The molecular weight excluding hydrogens is 302 g/mol. The van der Waals surface area contributed by atoms with E-state index in [1.54, 1.807) is 48.5 Å². The Morgan fingerprint density at radius 3 is 2.36 bits per heavy atom. The van der Waals surface area contributed by atoms with Crippen molar-refractivity contribution in [3.05, 3.63) is 59.1 Å². The number of benzene rings is 2. The first-order chi connectivity index (χ1) is 10.6. The van der Waals surface area contributed by atoms with Crippen molar-refractivity contribution < 1.29 is 14.3 Å². The molecular formula is C17H14ClNO3. The standard InChI is InChI=1S/C17H14ClNO3/c18-15-4-2-1-3-14(15)16(20)19-12-7-9-13(10-8-12)22-17(21)11-5-6-11/h1-4,7-11H,5-6H2,(H,19,20). The third-order valence-corrected chi connectivity index (χ3v) is 3.69. The number of ether oxygens (including phenoxy) is 1. The summed E-state index contributed by atoms with van der Waals surface area (Å²) >= 11 is 5.99. The fourth-order valence-corrected chi connectivity index (χ4v) is 2.19. The van der Waals surface area contributed by atoms with Gasteiger partial charge in [0, 0.05) is 5.69 Å². The van der Waals surface area contributed by atoms with Crippen molar-refractivity contribution >= 4 is 29.2 Å². The zero-order valence-electron chi connectivity index (χ0n) is 11.7. The van der Waals surface area contributed by atoms with Crippen molar-refractivity contribution in [2.24, 2.45) is 5.92 Å². The Kier molecular flexibility index (Phi) is 4.11. The Hall–Kier alpha value is -2.33.